The first kappa shape index (κ1) is 21.9. The second kappa shape index (κ2) is 7.54. The molecule has 2 aromatic rings. The van der Waals surface area contributed by atoms with Crippen molar-refractivity contribution in [1.82, 2.24) is 4.98 Å². The summed E-state index contributed by atoms with van der Waals surface area (Å²) in [6.45, 7) is 1.51. The molecule has 150 valence electrons. The predicted octanol–water partition coefficient (Wildman–Crippen LogP) is 2.67. The van der Waals surface area contributed by atoms with Crippen LogP contribution in [0, 0.1) is 6.92 Å². The zero-order valence-corrected chi connectivity index (χ0v) is 16.7. The predicted molar refractivity (Wildman–Crippen MR) is 95.8 cm³/mol. The number of sulfone groups is 1. The summed E-state index contributed by atoms with van der Waals surface area (Å²) in [6.07, 6.45) is 0.385. The van der Waals surface area contributed by atoms with E-state index in [9.17, 15) is 30.0 Å². The average molecular weight is 464 g/mol. The van der Waals surface area contributed by atoms with Gasteiger partial charge in [0.05, 0.1) is 4.90 Å². The van der Waals surface area contributed by atoms with Gasteiger partial charge in [0.15, 0.2) is 5.13 Å². The number of hydrogen-bond donors (Lipinski definition) is 2. The van der Waals surface area contributed by atoms with E-state index < -0.39 is 37.2 Å². The SMILES string of the molecule is Cc1c(Cl)cccc1S(=O)(=O)Nc1ncc(CC(N)S(=O)(=O)C(F)(F)F)s1. The van der Waals surface area contributed by atoms with Gasteiger partial charge in [0.2, 0.25) is 0 Å². The summed E-state index contributed by atoms with van der Waals surface area (Å²) in [5, 5.41) is -2.14. The second-order valence-corrected chi connectivity index (χ2v) is 10.7. The van der Waals surface area contributed by atoms with E-state index in [1.807, 2.05) is 0 Å². The zero-order valence-electron chi connectivity index (χ0n) is 13.5. The Bertz CT molecular complexity index is 1050. The van der Waals surface area contributed by atoms with Gasteiger partial charge in [0.25, 0.3) is 19.9 Å². The second-order valence-electron chi connectivity index (χ2n) is 5.33. The molecule has 1 unspecified atom stereocenters. The van der Waals surface area contributed by atoms with Gasteiger partial charge in [-0.05, 0) is 24.6 Å². The average Bonchev–Trinajstić information content (AvgIpc) is 2.94. The highest BCUT2D eigenvalue weighted by Gasteiger charge is 2.49. The minimum atomic E-state index is -5.55. The Morgan fingerprint density at radius 2 is 1.93 bits per heavy atom. The highest BCUT2D eigenvalue weighted by Crippen LogP contribution is 2.30. The molecule has 0 radical (unpaired) electrons. The van der Waals surface area contributed by atoms with E-state index in [1.165, 1.54) is 25.1 Å². The van der Waals surface area contributed by atoms with E-state index in [4.69, 9.17) is 17.3 Å². The van der Waals surface area contributed by atoms with Crippen molar-refractivity contribution in [3.8, 4) is 0 Å². The molecular formula is C13H13ClF3N3O4S3. The first-order chi connectivity index (χ1) is 12.3. The fourth-order valence-corrected chi connectivity index (χ4v) is 5.44. The Kier molecular flexibility index (Phi) is 6.11. The standard InChI is InChI=1S/C13H13ClF3N3O4S3/c1-7-9(14)3-2-4-10(7)27(23,24)20-12-19-6-8(25-12)5-11(18)26(21,22)13(15,16)17/h2-4,6,11H,5,18H2,1H3,(H,19,20). The Balaban J connectivity index is 2.20. The van der Waals surface area contributed by atoms with Gasteiger partial charge >= 0.3 is 5.51 Å². The van der Waals surface area contributed by atoms with Crippen LogP contribution in [0.1, 0.15) is 10.4 Å². The lowest BCUT2D eigenvalue weighted by Gasteiger charge is -2.13. The first-order valence-corrected chi connectivity index (χ1v) is 11.3. The van der Waals surface area contributed by atoms with Gasteiger partial charge < -0.3 is 5.73 Å². The summed E-state index contributed by atoms with van der Waals surface area (Å²) in [6, 6.07) is 4.28. The molecule has 0 aliphatic rings. The Hall–Kier alpha value is -1.41. The smallest absolute Gasteiger partial charge is 0.315 e. The van der Waals surface area contributed by atoms with Crippen molar-refractivity contribution in [1.29, 1.82) is 0 Å². The molecule has 3 N–H and O–H groups in total. The number of aromatic nitrogens is 1. The largest absolute Gasteiger partial charge is 0.498 e. The van der Waals surface area contributed by atoms with Crippen LogP contribution < -0.4 is 10.5 Å². The number of halogens is 4. The molecule has 0 fully saturated rings. The molecule has 0 saturated carbocycles. The van der Waals surface area contributed by atoms with Crippen molar-refractivity contribution in [3.63, 3.8) is 0 Å². The molecule has 1 aromatic carbocycles. The maximum absolute atomic E-state index is 12.5. The van der Waals surface area contributed by atoms with Crippen molar-refractivity contribution < 1.29 is 30.0 Å². The molecule has 0 aliphatic carbocycles. The molecule has 14 heteroatoms. The highest BCUT2D eigenvalue weighted by atomic mass is 35.5. The minimum Gasteiger partial charge on any atom is -0.315 e. The number of thiazole rings is 1. The molecular weight excluding hydrogens is 451 g/mol. The zero-order chi connectivity index (χ0) is 20.6. The number of nitrogens with one attached hydrogen (secondary N) is 1. The molecule has 27 heavy (non-hydrogen) atoms. The van der Waals surface area contributed by atoms with Crippen LogP contribution in [-0.4, -0.2) is 32.7 Å². The fourth-order valence-electron chi connectivity index (χ4n) is 1.98. The van der Waals surface area contributed by atoms with E-state index >= 15 is 0 Å². The summed E-state index contributed by atoms with van der Waals surface area (Å²) in [7, 11) is -9.60. The van der Waals surface area contributed by atoms with Gasteiger partial charge in [-0.1, -0.05) is 17.7 Å². The lowest BCUT2D eigenvalue weighted by atomic mass is 10.2. The Morgan fingerprint density at radius 1 is 1.30 bits per heavy atom. The normalized spacial score (nSPS) is 14.1. The number of rotatable bonds is 6. The van der Waals surface area contributed by atoms with Gasteiger partial charge in [-0.25, -0.2) is 21.8 Å². The number of hydrogen-bond acceptors (Lipinski definition) is 7. The van der Waals surface area contributed by atoms with Crippen LogP contribution in [0.2, 0.25) is 5.02 Å². The third kappa shape index (κ3) is 4.71. The van der Waals surface area contributed by atoms with Gasteiger partial charge in [0.1, 0.15) is 5.37 Å². The molecule has 0 aliphatic heterocycles. The van der Waals surface area contributed by atoms with E-state index in [0.29, 0.717) is 16.9 Å². The summed E-state index contributed by atoms with van der Waals surface area (Å²) in [5.41, 5.74) is -0.0220. The van der Waals surface area contributed by atoms with Crippen molar-refractivity contribution in [3.05, 3.63) is 39.9 Å². The lowest BCUT2D eigenvalue weighted by molar-refractivity contribution is -0.0444. The third-order valence-electron chi connectivity index (χ3n) is 3.41. The topological polar surface area (TPSA) is 119 Å². The van der Waals surface area contributed by atoms with Crippen LogP contribution in [0.5, 0.6) is 0 Å². The molecule has 2 rings (SSSR count). The van der Waals surface area contributed by atoms with Crippen LogP contribution in [0.25, 0.3) is 0 Å². The highest BCUT2D eigenvalue weighted by molar-refractivity contribution is 7.93. The van der Waals surface area contributed by atoms with Crippen LogP contribution in [0.4, 0.5) is 18.3 Å². The van der Waals surface area contributed by atoms with Crippen molar-refractivity contribution >= 4 is 47.9 Å². The lowest BCUT2D eigenvalue weighted by Crippen LogP contribution is -2.41. The Morgan fingerprint density at radius 3 is 2.52 bits per heavy atom. The van der Waals surface area contributed by atoms with Gasteiger partial charge in [-0.2, -0.15) is 13.2 Å². The molecule has 1 heterocycles. The number of alkyl halides is 3. The number of anilines is 1. The van der Waals surface area contributed by atoms with Gasteiger partial charge in [0, 0.05) is 22.5 Å². The summed E-state index contributed by atoms with van der Waals surface area (Å²) >= 11 is 6.57. The molecule has 0 bridgehead atoms. The summed E-state index contributed by atoms with van der Waals surface area (Å²) in [4.78, 5) is 3.71. The van der Waals surface area contributed by atoms with E-state index in [2.05, 4.69) is 9.71 Å². The molecule has 1 atom stereocenters. The van der Waals surface area contributed by atoms with Crippen LogP contribution in [0.3, 0.4) is 0 Å². The molecule has 7 nitrogen and oxygen atoms in total. The van der Waals surface area contributed by atoms with E-state index in [-0.39, 0.29) is 19.9 Å². The van der Waals surface area contributed by atoms with Crippen molar-refractivity contribution in [2.75, 3.05) is 4.72 Å². The van der Waals surface area contributed by atoms with Gasteiger partial charge in [-0.15, -0.1) is 11.3 Å². The van der Waals surface area contributed by atoms with E-state index in [1.54, 1.807) is 0 Å². The van der Waals surface area contributed by atoms with Crippen LogP contribution in [0.15, 0.2) is 29.3 Å². The van der Waals surface area contributed by atoms with E-state index in [0.717, 1.165) is 6.20 Å². The third-order valence-corrected chi connectivity index (χ3v) is 7.97. The maximum Gasteiger partial charge on any atom is 0.498 e. The quantitative estimate of drug-likeness (QED) is 0.679. The Labute approximate surface area is 162 Å². The van der Waals surface area contributed by atoms with Crippen molar-refractivity contribution in [2.24, 2.45) is 5.73 Å². The first-order valence-electron chi connectivity index (χ1n) is 7.04. The van der Waals surface area contributed by atoms with Crippen molar-refractivity contribution in [2.45, 2.75) is 29.1 Å². The monoisotopic (exact) mass is 463 g/mol. The maximum atomic E-state index is 12.5. The molecule has 1 aromatic heterocycles. The number of nitrogens with two attached hydrogens (primary N) is 1. The number of benzene rings is 1. The van der Waals surface area contributed by atoms with Crippen LogP contribution >= 0.6 is 22.9 Å². The summed E-state index contributed by atoms with van der Waals surface area (Å²) < 4.78 is 87.0. The summed E-state index contributed by atoms with van der Waals surface area (Å²) in [5.74, 6) is 0. The minimum absolute atomic E-state index is 0.0656. The number of sulfonamides is 1. The molecule has 0 spiro atoms. The molecule has 0 saturated heterocycles. The van der Waals surface area contributed by atoms with Crippen LogP contribution in [-0.2, 0) is 26.3 Å². The number of nitrogens with zero attached hydrogens (tertiary/aromatic N) is 1. The van der Waals surface area contributed by atoms with Gasteiger partial charge in [-0.3, -0.25) is 4.72 Å². The molecule has 0 amide bonds. The fraction of sp³-hybridized carbons (Fsp3) is 0.308.